The largest absolute Gasteiger partial charge is 0.372 e. The molecule has 2 rings (SSSR count). The Bertz CT molecular complexity index is 437. The number of anilines is 1. The number of aryl methyl sites for hydroxylation is 1. The van der Waals surface area contributed by atoms with Gasteiger partial charge in [-0.1, -0.05) is 19.3 Å². The van der Waals surface area contributed by atoms with Crippen molar-refractivity contribution in [2.24, 2.45) is 0 Å². The predicted molar refractivity (Wildman–Crippen MR) is 77.5 cm³/mol. The van der Waals surface area contributed by atoms with Gasteiger partial charge < -0.3 is 10.2 Å². The zero-order valence-corrected chi connectivity index (χ0v) is 11.9. The van der Waals surface area contributed by atoms with Gasteiger partial charge in [0.25, 0.3) is 5.91 Å². The molecule has 1 aliphatic heterocycles. The fourth-order valence-electron chi connectivity index (χ4n) is 2.54. The number of nitrogens with one attached hydrogen (secondary N) is 1. The van der Waals surface area contributed by atoms with Crippen molar-refractivity contribution in [3.63, 3.8) is 0 Å². The Balaban J connectivity index is 2.17. The Kier molecular flexibility index (Phi) is 4.77. The number of likely N-dealkylation sites (tertiary alicyclic amines) is 1. The van der Waals surface area contributed by atoms with Crippen molar-refractivity contribution in [1.29, 1.82) is 0 Å². The normalized spacial score (nSPS) is 16.6. The monoisotopic (exact) mass is 261 g/mol. The van der Waals surface area contributed by atoms with Gasteiger partial charge in [-0.3, -0.25) is 4.79 Å². The number of nitrogens with zero attached hydrogens (tertiary/aromatic N) is 2. The molecule has 0 saturated carbocycles. The molecular formula is C15H23N3O. The molecule has 19 heavy (non-hydrogen) atoms. The van der Waals surface area contributed by atoms with Gasteiger partial charge in [-0.25, -0.2) is 4.98 Å². The van der Waals surface area contributed by atoms with Crippen LogP contribution >= 0.6 is 0 Å². The second-order valence-electron chi connectivity index (χ2n) is 5.16. The second-order valence-corrected chi connectivity index (χ2v) is 5.16. The van der Waals surface area contributed by atoms with E-state index in [0.717, 1.165) is 31.6 Å². The fraction of sp³-hybridized carbons (Fsp3) is 0.600. The lowest BCUT2D eigenvalue weighted by Gasteiger charge is -2.25. The van der Waals surface area contributed by atoms with Crippen LogP contribution in [-0.4, -0.2) is 35.9 Å². The van der Waals surface area contributed by atoms with Gasteiger partial charge in [0.15, 0.2) is 0 Å². The van der Waals surface area contributed by atoms with Crippen LogP contribution in [0.15, 0.2) is 12.1 Å². The second kappa shape index (κ2) is 6.55. The van der Waals surface area contributed by atoms with E-state index >= 15 is 0 Å². The molecule has 1 aromatic heterocycles. The van der Waals surface area contributed by atoms with Gasteiger partial charge >= 0.3 is 0 Å². The highest BCUT2D eigenvalue weighted by Gasteiger charge is 2.19. The first-order valence-electron chi connectivity index (χ1n) is 7.17. The Morgan fingerprint density at radius 2 is 1.79 bits per heavy atom. The van der Waals surface area contributed by atoms with E-state index in [1.807, 2.05) is 31.0 Å². The first kappa shape index (κ1) is 13.8. The number of hydrogen-bond donors (Lipinski definition) is 1. The van der Waals surface area contributed by atoms with Crippen LogP contribution in [0, 0.1) is 6.92 Å². The summed E-state index contributed by atoms with van der Waals surface area (Å²) in [6.45, 7) is 3.68. The lowest BCUT2D eigenvalue weighted by molar-refractivity contribution is 0.0743. The van der Waals surface area contributed by atoms with E-state index in [9.17, 15) is 4.79 Å². The average molecular weight is 261 g/mol. The van der Waals surface area contributed by atoms with E-state index in [4.69, 9.17) is 0 Å². The molecule has 4 nitrogen and oxygen atoms in total. The molecule has 1 aliphatic rings. The Morgan fingerprint density at radius 1 is 1.16 bits per heavy atom. The smallest absolute Gasteiger partial charge is 0.257 e. The van der Waals surface area contributed by atoms with E-state index in [1.165, 1.54) is 19.3 Å². The maximum atomic E-state index is 12.6. The van der Waals surface area contributed by atoms with Crippen molar-refractivity contribution in [3.8, 4) is 0 Å². The van der Waals surface area contributed by atoms with Crippen LogP contribution in [0.1, 0.15) is 48.2 Å². The number of carbonyl (C=O) groups is 1. The van der Waals surface area contributed by atoms with E-state index in [2.05, 4.69) is 10.3 Å². The van der Waals surface area contributed by atoms with E-state index in [-0.39, 0.29) is 5.91 Å². The highest BCUT2D eigenvalue weighted by molar-refractivity contribution is 5.98. The minimum absolute atomic E-state index is 0.110. The van der Waals surface area contributed by atoms with Crippen molar-refractivity contribution in [2.45, 2.75) is 39.0 Å². The highest BCUT2D eigenvalue weighted by atomic mass is 16.2. The molecule has 1 aromatic rings. The van der Waals surface area contributed by atoms with E-state index in [1.54, 1.807) is 0 Å². The number of rotatable bonds is 2. The third-order valence-corrected chi connectivity index (χ3v) is 3.64. The van der Waals surface area contributed by atoms with Gasteiger partial charge in [-0.05, 0) is 31.9 Å². The van der Waals surface area contributed by atoms with Crippen molar-refractivity contribution in [1.82, 2.24) is 9.88 Å². The summed E-state index contributed by atoms with van der Waals surface area (Å²) in [5, 5.41) is 3.03. The van der Waals surface area contributed by atoms with Crippen molar-refractivity contribution in [2.75, 3.05) is 25.5 Å². The minimum atomic E-state index is 0.110. The molecule has 1 saturated heterocycles. The Hall–Kier alpha value is -1.58. The summed E-state index contributed by atoms with van der Waals surface area (Å²) in [4.78, 5) is 19.0. The van der Waals surface area contributed by atoms with Crippen LogP contribution < -0.4 is 5.32 Å². The molecule has 1 N–H and O–H groups in total. The van der Waals surface area contributed by atoms with Gasteiger partial charge in [0.2, 0.25) is 0 Å². The molecule has 0 aromatic carbocycles. The third-order valence-electron chi connectivity index (χ3n) is 3.64. The molecule has 0 radical (unpaired) electrons. The summed E-state index contributed by atoms with van der Waals surface area (Å²) < 4.78 is 0. The number of aromatic nitrogens is 1. The summed E-state index contributed by atoms with van der Waals surface area (Å²) in [6, 6.07) is 3.79. The standard InChI is InChI=1S/C15H23N3O/c1-12-8-9-13(14(16-2)17-12)15(19)18-10-6-4-3-5-7-11-18/h8-9H,3-7,10-11H2,1-2H3,(H,16,17). The fourth-order valence-corrected chi connectivity index (χ4v) is 2.54. The van der Waals surface area contributed by atoms with Crippen molar-refractivity contribution < 1.29 is 4.79 Å². The lowest BCUT2D eigenvalue weighted by atomic mass is 10.1. The predicted octanol–water partition coefficient (Wildman–Crippen LogP) is 2.84. The molecule has 0 atom stereocenters. The SMILES string of the molecule is CNc1nc(C)ccc1C(=O)N1CCCCCCC1. The van der Waals surface area contributed by atoms with E-state index < -0.39 is 0 Å². The highest BCUT2D eigenvalue weighted by Crippen LogP contribution is 2.18. The number of pyridine rings is 1. The number of carbonyl (C=O) groups excluding carboxylic acids is 1. The molecule has 1 amide bonds. The number of amides is 1. The maximum Gasteiger partial charge on any atom is 0.257 e. The first-order chi connectivity index (χ1) is 9.22. The van der Waals surface area contributed by atoms with Gasteiger partial charge in [-0.15, -0.1) is 0 Å². The zero-order valence-electron chi connectivity index (χ0n) is 11.9. The van der Waals surface area contributed by atoms with Crippen LogP contribution in [0.5, 0.6) is 0 Å². The molecule has 1 fully saturated rings. The van der Waals surface area contributed by atoms with Crippen LogP contribution in [0.2, 0.25) is 0 Å². The number of hydrogen-bond acceptors (Lipinski definition) is 3. The van der Waals surface area contributed by atoms with Gasteiger partial charge in [0.1, 0.15) is 5.82 Å². The quantitative estimate of drug-likeness (QED) is 0.890. The molecule has 0 bridgehead atoms. The van der Waals surface area contributed by atoms with E-state index in [0.29, 0.717) is 11.4 Å². The van der Waals surface area contributed by atoms with Gasteiger partial charge in [0, 0.05) is 25.8 Å². The summed E-state index contributed by atoms with van der Waals surface area (Å²) in [7, 11) is 1.81. The topological polar surface area (TPSA) is 45.2 Å². The van der Waals surface area contributed by atoms with Crippen molar-refractivity contribution in [3.05, 3.63) is 23.4 Å². The first-order valence-corrected chi connectivity index (χ1v) is 7.17. The maximum absolute atomic E-state index is 12.6. The molecular weight excluding hydrogens is 238 g/mol. The average Bonchev–Trinajstić information content (AvgIpc) is 2.37. The van der Waals surface area contributed by atoms with Crippen molar-refractivity contribution >= 4 is 11.7 Å². The molecule has 0 spiro atoms. The van der Waals surface area contributed by atoms with Crippen LogP contribution in [0.4, 0.5) is 5.82 Å². The third kappa shape index (κ3) is 3.46. The molecule has 0 unspecified atom stereocenters. The van der Waals surface area contributed by atoms with Gasteiger partial charge in [0.05, 0.1) is 5.56 Å². The van der Waals surface area contributed by atoms with Gasteiger partial charge in [-0.2, -0.15) is 0 Å². The van der Waals surface area contributed by atoms with Crippen LogP contribution in [0.25, 0.3) is 0 Å². The summed E-state index contributed by atoms with van der Waals surface area (Å²) in [6.07, 6.45) is 5.99. The molecule has 0 aliphatic carbocycles. The summed E-state index contributed by atoms with van der Waals surface area (Å²) in [5.41, 5.74) is 1.61. The molecule has 4 heteroatoms. The lowest BCUT2D eigenvalue weighted by Crippen LogP contribution is -2.34. The minimum Gasteiger partial charge on any atom is -0.372 e. The Morgan fingerprint density at radius 3 is 2.42 bits per heavy atom. The van der Waals surface area contributed by atoms with Crippen LogP contribution in [0.3, 0.4) is 0 Å². The zero-order chi connectivity index (χ0) is 13.7. The van der Waals surface area contributed by atoms with Crippen LogP contribution in [-0.2, 0) is 0 Å². The molecule has 104 valence electrons. The summed E-state index contributed by atoms with van der Waals surface area (Å²) in [5.74, 6) is 0.797. The molecule has 2 heterocycles. The summed E-state index contributed by atoms with van der Waals surface area (Å²) >= 11 is 0. The Labute approximate surface area is 115 Å².